The predicted octanol–water partition coefficient (Wildman–Crippen LogP) is 5.07. The third-order valence-corrected chi connectivity index (χ3v) is 5.86. The maximum absolute atomic E-state index is 11.1. The van der Waals surface area contributed by atoms with Gasteiger partial charge in [0.05, 0.1) is 0 Å². The largest absolute Gasteiger partial charge is 0.377 e. The van der Waals surface area contributed by atoms with E-state index in [1.54, 1.807) is 5.57 Å². The minimum Gasteiger partial charge on any atom is -0.377 e. The molecule has 2 aliphatic rings. The van der Waals surface area contributed by atoms with Crippen LogP contribution in [0.4, 0.5) is 0 Å². The monoisotopic (exact) mass is 304 g/mol. The molecule has 1 N–H and O–H groups in total. The first-order valence-electron chi connectivity index (χ1n) is 8.59. The molecule has 2 rings (SSSR count). The summed E-state index contributed by atoms with van der Waals surface area (Å²) in [5.74, 6) is 3.31. The third-order valence-electron chi connectivity index (χ3n) is 4.98. The standard InChI is InChI=1S/C19H32OSi/c1-18(2)11-8-10-16-9-6-7-12-19(20,15-17(16)18)13-14-21(3,4)5/h20H,6-12,15H2,1-5H3. The van der Waals surface area contributed by atoms with Crippen molar-refractivity contribution in [2.24, 2.45) is 5.41 Å². The van der Waals surface area contributed by atoms with E-state index in [-0.39, 0.29) is 5.41 Å². The fourth-order valence-electron chi connectivity index (χ4n) is 3.71. The van der Waals surface area contributed by atoms with Crippen LogP contribution in [0.5, 0.6) is 0 Å². The second-order valence-corrected chi connectivity index (χ2v) is 13.5. The van der Waals surface area contributed by atoms with E-state index in [9.17, 15) is 5.11 Å². The second-order valence-electron chi connectivity index (χ2n) is 8.74. The lowest BCUT2D eigenvalue weighted by molar-refractivity contribution is 0.0788. The molecular weight excluding hydrogens is 272 g/mol. The first-order valence-corrected chi connectivity index (χ1v) is 12.1. The number of hydrogen-bond donors (Lipinski definition) is 1. The molecular formula is C19H32OSi. The summed E-state index contributed by atoms with van der Waals surface area (Å²) < 4.78 is 0. The summed E-state index contributed by atoms with van der Waals surface area (Å²) in [5.41, 5.74) is 6.05. The lowest BCUT2D eigenvalue weighted by Gasteiger charge is -2.40. The lowest BCUT2D eigenvalue weighted by atomic mass is 9.67. The number of aliphatic hydroxyl groups is 1. The van der Waals surface area contributed by atoms with E-state index in [0.717, 1.165) is 19.3 Å². The minimum atomic E-state index is -1.43. The summed E-state index contributed by atoms with van der Waals surface area (Å²) in [5, 5.41) is 11.1. The first-order chi connectivity index (χ1) is 9.61. The second kappa shape index (κ2) is 5.93. The summed E-state index contributed by atoms with van der Waals surface area (Å²) in [6, 6.07) is 0. The molecule has 1 atom stereocenters. The molecule has 0 aromatic heterocycles. The van der Waals surface area contributed by atoms with Gasteiger partial charge in [-0.2, -0.15) is 0 Å². The maximum Gasteiger partial charge on any atom is 0.129 e. The van der Waals surface area contributed by atoms with Crippen molar-refractivity contribution in [2.45, 2.75) is 90.5 Å². The van der Waals surface area contributed by atoms with Crippen LogP contribution >= 0.6 is 0 Å². The van der Waals surface area contributed by atoms with Crippen LogP contribution < -0.4 is 0 Å². The summed E-state index contributed by atoms with van der Waals surface area (Å²) in [7, 11) is -1.43. The molecule has 0 radical (unpaired) electrons. The van der Waals surface area contributed by atoms with E-state index in [4.69, 9.17) is 0 Å². The summed E-state index contributed by atoms with van der Waals surface area (Å²) in [4.78, 5) is 0. The van der Waals surface area contributed by atoms with Crippen LogP contribution in [0.1, 0.15) is 65.2 Å². The Labute approximate surface area is 132 Å². The molecule has 0 saturated heterocycles. The van der Waals surface area contributed by atoms with Crippen LogP contribution in [0.2, 0.25) is 19.6 Å². The Kier molecular flexibility index (Phi) is 4.76. The zero-order valence-corrected chi connectivity index (χ0v) is 15.6. The Balaban J connectivity index is 2.35. The maximum atomic E-state index is 11.1. The lowest BCUT2D eigenvalue weighted by Crippen LogP contribution is -2.34. The van der Waals surface area contributed by atoms with Crippen molar-refractivity contribution >= 4 is 8.07 Å². The van der Waals surface area contributed by atoms with Gasteiger partial charge in [-0.05, 0) is 50.4 Å². The van der Waals surface area contributed by atoms with E-state index in [0.29, 0.717) is 0 Å². The third kappa shape index (κ3) is 4.47. The fraction of sp³-hybridized carbons (Fsp3) is 0.789. The molecule has 118 valence electrons. The number of hydrogen-bond acceptors (Lipinski definition) is 1. The Morgan fingerprint density at radius 2 is 1.67 bits per heavy atom. The van der Waals surface area contributed by atoms with Crippen molar-refractivity contribution in [3.63, 3.8) is 0 Å². The highest BCUT2D eigenvalue weighted by Crippen LogP contribution is 2.46. The molecule has 0 aromatic carbocycles. The van der Waals surface area contributed by atoms with Gasteiger partial charge < -0.3 is 5.11 Å². The minimum absolute atomic E-state index is 0.250. The van der Waals surface area contributed by atoms with Gasteiger partial charge in [0, 0.05) is 6.42 Å². The van der Waals surface area contributed by atoms with Gasteiger partial charge in [-0.3, -0.25) is 0 Å². The normalized spacial score (nSPS) is 29.8. The van der Waals surface area contributed by atoms with Gasteiger partial charge in [0.15, 0.2) is 0 Å². The van der Waals surface area contributed by atoms with Crippen molar-refractivity contribution < 1.29 is 5.11 Å². The molecule has 2 heteroatoms. The van der Waals surface area contributed by atoms with E-state index in [2.05, 4.69) is 45.0 Å². The van der Waals surface area contributed by atoms with E-state index >= 15 is 0 Å². The van der Waals surface area contributed by atoms with Crippen molar-refractivity contribution in [1.29, 1.82) is 0 Å². The van der Waals surface area contributed by atoms with E-state index in [1.807, 2.05) is 0 Å². The Morgan fingerprint density at radius 1 is 1.00 bits per heavy atom. The van der Waals surface area contributed by atoms with Gasteiger partial charge >= 0.3 is 0 Å². The number of allylic oxidation sites excluding steroid dienone is 1. The highest BCUT2D eigenvalue weighted by Gasteiger charge is 2.37. The highest BCUT2D eigenvalue weighted by molar-refractivity contribution is 6.83. The van der Waals surface area contributed by atoms with Gasteiger partial charge in [0.1, 0.15) is 13.7 Å². The Morgan fingerprint density at radius 3 is 2.33 bits per heavy atom. The number of rotatable bonds is 0. The zero-order chi connectivity index (χ0) is 15.7. The predicted molar refractivity (Wildman–Crippen MR) is 93.8 cm³/mol. The van der Waals surface area contributed by atoms with Crippen LogP contribution in [0, 0.1) is 16.9 Å². The van der Waals surface area contributed by atoms with Crippen LogP contribution in [0.25, 0.3) is 0 Å². The molecule has 0 heterocycles. The SMILES string of the molecule is CC1(C)CCCC2=C1CC(O)(C#C[Si](C)(C)C)CCCC2. The molecule has 0 spiro atoms. The van der Waals surface area contributed by atoms with Gasteiger partial charge in [0.2, 0.25) is 0 Å². The Hall–Kier alpha value is -0.523. The van der Waals surface area contributed by atoms with Crippen molar-refractivity contribution in [3.8, 4) is 11.5 Å². The average Bonchev–Trinajstić information content (AvgIpc) is 2.33. The molecule has 1 unspecified atom stereocenters. The quantitative estimate of drug-likeness (QED) is 0.376. The first kappa shape index (κ1) is 16.8. The molecule has 21 heavy (non-hydrogen) atoms. The topological polar surface area (TPSA) is 20.2 Å². The van der Waals surface area contributed by atoms with Gasteiger partial charge in [-0.15, -0.1) is 5.54 Å². The van der Waals surface area contributed by atoms with Gasteiger partial charge in [0.25, 0.3) is 0 Å². The Bertz CT molecular complexity index is 484. The van der Waals surface area contributed by atoms with Crippen LogP contribution in [-0.2, 0) is 0 Å². The molecule has 0 saturated carbocycles. The van der Waals surface area contributed by atoms with Crippen LogP contribution in [-0.4, -0.2) is 18.8 Å². The molecule has 0 fully saturated rings. The summed E-state index contributed by atoms with van der Waals surface area (Å²) in [6.07, 6.45) is 9.00. The van der Waals surface area contributed by atoms with E-state index < -0.39 is 13.7 Å². The fourth-order valence-corrected chi connectivity index (χ4v) is 4.32. The van der Waals surface area contributed by atoms with Crippen LogP contribution in [0.3, 0.4) is 0 Å². The molecule has 1 nitrogen and oxygen atoms in total. The highest BCUT2D eigenvalue weighted by atomic mass is 28.3. The molecule has 0 aliphatic heterocycles. The van der Waals surface area contributed by atoms with Crippen molar-refractivity contribution in [2.75, 3.05) is 0 Å². The molecule has 0 amide bonds. The van der Waals surface area contributed by atoms with Gasteiger partial charge in [-0.25, -0.2) is 0 Å². The summed E-state index contributed by atoms with van der Waals surface area (Å²) in [6.45, 7) is 11.5. The van der Waals surface area contributed by atoms with Crippen molar-refractivity contribution in [3.05, 3.63) is 11.1 Å². The molecule has 0 aromatic rings. The molecule has 0 bridgehead atoms. The molecule has 2 aliphatic carbocycles. The zero-order valence-electron chi connectivity index (χ0n) is 14.6. The average molecular weight is 305 g/mol. The van der Waals surface area contributed by atoms with Crippen LogP contribution in [0.15, 0.2) is 11.1 Å². The summed E-state index contributed by atoms with van der Waals surface area (Å²) >= 11 is 0. The van der Waals surface area contributed by atoms with Crippen molar-refractivity contribution in [1.82, 2.24) is 0 Å². The van der Waals surface area contributed by atoms with Gasteiger partial charge in [-0.1, -0.05) is 50.6 Å². The van der Waals surface area contributed by atoms with E-state index in [1.165, 1.54) is 37.7 Å². The smallest absolute Gasteiger partial charge is 0.129 e.